The minimum absolute atomic E-state index is 0.354. The number of aromatic nitrogens is 3. The monoisotopic (exact) mass is 314 g/mol. The zero-order valence-electron chi connectivity index (χ0n) is 13.2. The van der Waals surface area contributed by atoms with Crippen LogP contribution in [0.25, 0.3) is 11.0 Å². The summed E-state index contributed by atoms with van der Waals surface area (Å²) in [6.45, 7) is 0.523. The van der Waals surface area contributed by atoms with Gasteiger partial charge in [-0.1, -0.05) is 6.07 Å². The van der Waals surface area contributed by atoms with Crippen LogP contribution in [0.5, 0.6) is 5.75 Å². The first-order valence-corrected chi connectivity index (χ1v) is 7.13. The normalized spacial score (nSPS) is 10.7. The lowest BCUT2D eigenvalue weighted by Gasteiger charge is -2.07. The number of hydrogen-bond acceptors (Lipinski definition) is 5. The lowest BCUT2D eigenvalue weighted by atomic mass is 10.3. The molecule has 0 unspecified atom stereocenters. The third-order valence-corrected chi connectivity index (χ3v) is 3.75. The summed E-state index contributed by atoms with van der Waals surface area (Å²) in [7, 11) is 4.81. The Kier molecular flexibility index (Phi) is 3.92. The van der Waals surface area contributed by atoms with E-state index in [1.54, 1.807) is 17.7 Å². The SMILES string of the molecule is COC(=O)c1ccc(CNc2nc3c(OC)cccc3[nH]2)n1C. The summed E-state index contributed by atoms with van der Waals surface area (Å²) in [5, 5.41) is 3.22. The van der Waals surface area contributed by atoms with Crippen molar-refractivity contribution >= 4 is 23.0 Å². The Labute approximate surface area is 133 Å². The Balaban J connectivity index is 1.79. The Bertz CT molecular complexity index is 850. The molecule has 0 aliphatic carbocycles. The molecule has 0 bridgehead atoms. The van der Waals surface area contributed by atoms with Crippen LogP contribution in [-0.4, -0.2) is 34.7 Å². The van der Waals surface area contributed by atoms with Gasteiger partial charge in [-0.25, -0.2) is 9.78 Å². The third-order valence-electron chi connectivity index (χ3n) is 3.75. The number of para-hydroxylation sites is 1. The van der Waals surface area contributed by atoms with Crippen molar-refractivity contribution in [2.75, 3.05) is 19.5 Å². The van der Waals surface area contributed by atoms with Gasteiger partial charge in [0, 0.05) is 12.7 Å². The van der Waals surface area contributed by atoms with E-state index in [-0.39, 0.29) is 5.97 Å². The van der Waals surface area contributed by atoms with E-state index >= 15 is 0 Å². The van der Waals surface area contributed by atoms with Gasteiger partial charge in [-0.3, -0.25) is 0 Å². The molecule has 0 saturated heterocycles. The molecular weight excluding hydrogens is 296 g/mol. The highest BCUT2D eigenvalue weighted by Gasteiger charge is 2.13. The predicted molar refractivity (Wildman–Crippen MR) is 86.7 cm³/mol. The number of anilines is 1. The van der Waals surface area contributed by atoms with Crippen LogP contribution in [0.15, 0.2) is 30.3 Å². The van der Waals surface area contributed by atoms with Crippen molar-refractivity contribution in [2.24, 2.45) is 7.05 Å². The molecule has 3 rings (SSSR count). The maximum Gasteiger partial charge on any atom is 0.354 e. The summed E-state index contributed by atoms with van der Waals surface area (Å²) >= 11 is 0. The molecule has 0 aliphatic rings. The van der Waals surface area contributed by atoms with Crippen LogP contribution in [0, 0.1) is 0 Å². The molecule has 0 atom stereocenters. The number of carbonyl (C=O) groups excluding carboxylic acids is 1. The topological polar surface area (TPSA) is 81.2 Å². The maximum atomic E-state index is 11.6. The number of methoxy groups -OCH3 is 2. The predicted octanol–water partition coefficient (Wildman–Crippen LogP) is 2.31. The Hall–Kier alpha value is -2.96. The van der Waals surface area contributed by atoms with Crippen LogP contribution in [-0.2, 0) is 18.3 Å². The molecule has 3 aromatic rings. The number of aromatic amines is 1. The number of fused-ring (bicyclic) bond motifs is 1. The fraction of sp³-hybridized carbons (Fsp3) is 0.250. The molecular formula is C16H18N4O3. The first kappa shape index (κ1) is 15.0. The molecule has 0 amide bonds. The summed E-state index contributed by atoms with van der Waals surface area (Å²) in [6, 6.07) is 9.33. The summed E-state index contributed by atoms with van der Waals surface area (Å²) in [6.07, 6.45) is 0. The van der Waals surface area contributed by atoms with Gasteiger partial charge in [0.15, 0.2) is 0 Å². The standard InChI is InChI=1S/C16H18N4O3/c1-20-10(7-8-12(20)15(21)23-3)9-17-16-18-11-5-4-6-13(22-2)14(11)19-16/h4-8H,9H2,1-3H3,(H2,17,18,19). The smallest absolute Gasteiger partial charge is 0.354 e. The number of ether oxygens (including phenoxy) is 2. The van der Waals surface area contributed by atoms with Gasteiger partial charge in [-0.05, 0) is 24.3 Å². The Morgan fingerprint density at radius 3 is 2.87 bits per heavy atom. The van der Waals surface area contributed by atoms with Gasteiger partial charge in [0.2, 0.25) is 5.95 Å². The number of nitrogens with one attached hydrogen (secondary N) is 2. The van der Waals surface area contributed by atoms with Gasteiger partial charge in [0.1, 0.15) is 17.0 Å². The zero-order chi connectivity index (χ0) is 16.4. The van der Waals surface area contributed by atoms with Gasteiger partial charge >= 0.3 is 5.97 Å². The van der Waals surface area contributed by atoms with Crippen LogP contribution in [0.4, 0.5) is 5.95 Å². The molecule has 2 N–H and O–H groups in total. The molecule has 7 nitrogen and oxygen atoms in total. The van der Waals surface area contributed by atoms with Crippen molar-refractivity contribution in [2.45, 2.75) is 6.54 Å². The minimum atomic E-state index is -0.354. The van der Waals surface area contributed by atoms with E-state index in [2.05, 4.69) is 15.3 Å². The van der Waals surface area contributed by atoms with Crippen LogP contribution < -0.4 is 10.1 Å². The van der Waals surface area contributed by atoms with Gasteiger partial charge in [0.05, 0.1) is 26.3 Å². The van der Waals surface area contributed by atoms with Gasteiger partial charge in [-0.15, -0.1) is 0 Å². The van der Waals surface area contributed by atoms with Gasteiger partial charge < -0.3 is 24.3 Å². The Morgan fingerprint density at radius 2 is 2.13 bits per heavy atom. The zero-order valence-corrected chi connectivity index (χ0v) is 13.2. The molecule has 23 heavy (non-hydrogen) atoms. The lowest BCUT2D eigenvalue weighted by Crippen LogP contribution is -2.11. The molecule has 0 aliphatic heterocycles. The second kappa shape index (κ2) is 6.04. The van der Waals surface area contributed by atoms with Crippen molar-refractivity contribution in [3.63, 3.8) is 0 Å². The number of carbonyl (C=O) groups is 1. The van der Waals surface area contributed by atoms with Crippen molar-refractivity contribution < 1.29 is 14.3 Å². The highest BCUT2D eigenvalue weighted by molar-refractivity contribution is 5.87. The van der Waals surface area contributed by atoms with Crippen molar-refractivity contribution in [1.82, 2.24) is 14.5 Å². The van der Waals surface area contributed by atoms with Crippen LogP contribution in [0.1, 0.15) is 16.2 Å². The quantitative estimate of drug-likeness (QED) is 0.706. The summed E-state index contributed by atoms with van der Waals surface area (Å²) in [5.41, 5.74) is 3.13. The van der Waals surface area contributed by atoms with E-state index in [4.69, 9.17) is 9.47 Å². The van der Waals surface area contributed by atoms with Crippen molar-refractivity contribution in [3.05, 3.63) is 41.7 Å². The van der Waals surface area contributed by atoms with Gasteiger partial charge in [-0.2, -0.15) is 0 Å². The van der Waals surface area contributed by atoms with E-state index in [1.165, 1.54) is 7.11 Å². The second-order valence-electron chi connectivity index (χ2n) is 5.06. The lowest BCUT2D eigenvalue weighted by molar-refractivity contribution is 0.0589. The minimum Gasteiger partial charge on any atom is -0.494 e. The molecule has 7 heteroatoms. The van der Waals surface area contributed by atoms with E-state index in [1.807, 2.05) is 31.3 Å². The summed E-state index contributed by atoms with van der Waals surface area (Å²) in [4.78, 5) is 19.3. The third kappa shape index (κ3) is 2.73. The fourth-order valence-electron chi connectivity index (χ4n) is 2.47. The van der Waals surface area contributed by atoms with Crippen molar-refractivity contribution in [3.8, 4) is 5.75 Å². The van der Waals surface area contributed by atoms with E-state index in [9.17, 15) is 4.79 Å². The fourth-order valence-corrected chi connectivity index (χ4v) is 2.47. The van der Waals surface area contributed by atoms with Gasteiger partial charge in [0.25, 0.3) is 0 Å². The number of rotatable bonds is 5. The summed E-state index contributed by atoms with van der Waals surface area (Å²) < 4.78 is 11.8. The number of benzene rings is 1. The number of esters is 1. The molecule has 1 aromatic carbocycles. The molecule has 0 saturated carbocycles. The first-order valence-electron chi connectivity index (χ1n) is 7.13. The van der Waals surface area contributed by atoms with Crippen LogP contribution >= 0.6 is 0 Å². The van der Waals surface area contributed by atoms with Crippen molar-refractivity contribution in [1.29, 1.82) is 0 Å². The maximum absolute atomic E-state index is 11.6. The van der Waals surface area contributed by atoms with E-state index in [0.29, 0.717) is 18.2 Å². The highest BCUT2D eigenvalue weighted by atomic mass is 16.5. The van der Waals surface area contributed by atoms with E-state index in [0.717, 1.165) is 22.5 Å². The number of H-pyrrole nitrogens is 1. The van der Waals surface area contributed by atoms with Crippen LogP contribution in [0.3, 0.4) is 0 Å². The highest BCUT2D eigenvalue weighted by Crippen LogP contribution is 2.24. The molecule has 2 aromatic heterocycles. The largest absolute Gasteiger partial charge is 0.494 e. The molecule has 0 radical (unpaired) electrons. The number of nitrogens with zero attached hydrogens (tertiary/aromatic N) is 2. The molecule has 120 valence electrons. The van der Waals surface area contributed by atoms with E-state index < -0.39 is 0 Å². The number of imidazole rings is 1. The molecule has 0 fully saturated rings. The average molecular weight is 314 g/mol. The van der Waals surface area contributed by atoms with Crippen LogP contribution in [0.2, 0.25) is 0 Å². The second-order valence-corrected chi connectivity index (χ2v) is 5.06. The number of hydrogen-bond donors (Lipinski definition) is 2. The molecule has 2 heterocycles. The molecule has 0 spiro atoms. The average Bonchev–Trinajstić information content (AvgIpc) is 3.15. The summed E-state index contributed by atoms with van der Waals surface area (Å²) in [5.74, 6) is 1.01. The first-order chi connectivity index (χ1) is 11.1. The Morgan fingerprint density at radius 1 is 1.30 bits per heavy atom.